The van der Waals surface area contributed by atoms with Crippen LogP contribution in [0.25, 0.3) is 6.08 Å². The molecule has 0 aliphatic carbocycles. The Hall–Kier alpha value is -2.63. The summed E-state index contributed by atoms with van der Waals surface area (Å²) in [6.45, 7) is 2.80. The number of carboxylic acids is 1. The molecule has 1 aliphatic rings. The van der Waals surface area contributed by atoms with Crippen molar-refractivity contribution in [1.29, 1.82) is 0 Å². The van der Waals surface area contributed by atoms with Crippen LogP contribution in [0, 0.1) is 6.92 Å². The Balaban J connectivity index is 2.24. The van der Waals surface area contributed by atoms with Crippen LogP contribution in [-0.4, -0.2) is 47.4 Å². The van der Waals surface area contributed by atoms with Crippen molar-refractivity contribution in [3.05, 3.63) is 41.0 Å². The van der Waals surface area contributed by atoms with Gasteiger partial charge in [0.1, 0.15) is 0 Å². The van der Waals surface area contributed by atoms with Crippen molar-refractivity contribution < 1.29 is 19.5 Å². The average molecular weight is 288 g/mol. The van der Waals surface area contributed by atoms with E-state index in [-0.39, 0.29) is 18.4 Å². The summed E-state index contributed by atoms with van der Waals surface area (Å²) in [5.74, 6) is -1.44. The number of hydrogen-bond donors (Lipinski definition) is 2. The van der Waals surface area contributed by atoms with Gasteiger partial charge in [-0.2, -0.15) is 0 Å². The molecule has 2 amide bonds. The van der Waals surface area contributed by atoms with Gasteiger partial charge in [0.25, 0.3) is 5.91 Å². The first-order valence-corrected chi connectivity index (χ1v) is 6.54. The van der Waals surface area contributed by atoms with E-state index in [0.29, 0.717) is 24.2 Å². The maximum atomic E-state index is 12.4. The highest BCUT2D eigenvalue weighted by Gasteiger charge is 2.22. The molecule has 110 valence electrons. The fourth-order valence-electron chi connectivity index (χ4n) is 2.19. The standard InChI is InChI=1S/C15H16N2O4/c1-10-6-11(2-3-14(19)20)8-12(7-10)15(21)17-5-4-16-13(18)9-17/h2-3,6-8H,4-5,9H2,1H3,(H,16,18)(H,19,20)/b3-2+. The second-order valence-electron chi connectivity index (χ2n) is 4.88. The summed E-state index contributed by atoms with van der Waals surface area (Å²) in [4.78, 5) is 35.8. The van der Waals surface area contributed by atoms with E-state index in [9.17, 15) is 14.4 Å². The third-order valence-corrected chi connectivity index (χ3v) is 3.09. The van der Waals surface area contributed by atoms with Crippen LogP contribution in [0.15, 0.2) is 24.3 Å². The zero-order chi connectivity index (χ0) is 15.4. The molecule has 1 fully saturated rings. The van der Waals surface area contributed by atoms with Gasteiger partial charge in [-0.3, -0.25) is 9.59 Å². The van der Waals surface area contributed by atoms with Crippen LogP contribution in [0.1, 0.15) is 21.5 Å². The molecule has 0 unspecified atom stereocenters. The minimum atomic E-state index is -1.04. The van der Waals surface area contributed by atoms with Gasteiger partial charge in [0, 0.05) is 24.7 Å². The van der Waals surface area contributed by atoms with Crippen LogP contribution in [0.2, 0.25) is 0 Å². The first-order chi connectivity index (χ1) is 9.95. The number of carbonyl (C=O) groups is 3. The van der Waals surface area contributed by atoms with Crippen LogP contribution >= 0.6 is 0 Å². The molecule has 1 aliphatic heterocycles. The summed E-state index contributed by atoms with van der Waals surface area (Å²) in [6.07, 6.45) is 2.46. The highest BCUT2D eigenvalue weighted by Crippen LogP contribution is 2.14. The average Bonchev–Trinajstić information content (AvgIpc) is 2.43. The molecule has 0 bridgehead atoms. The Morgan fingerprint density at radius 3 is 2.76 bits per heavy atom. The summed E-state index contributed by atoms with van der Waals surface area (Å²) >= 11 is 0. The van der Waals surface area contributed by atoms with Gasteiger partial charge in [0.05, 0.1) is 6.54 Å². The minimum Gasteiger partial charge on any atom is -0.478 e. The van der Waals surface area contributed by atoms with Gasteiger partial charge in [-0.1, -0.05) is 6.07 Å². The van der Waals surface area contributed by atoms with Crippen molar-refractivity contribution in [1.82, 2.24) is 10.2 Å². The zero-order valence-electron chi connectivity index (χ0n) is 11.6. The predicted molar refractivity (Wildman–Crippen MR) is 76.8 cm³/mol. The van der Waals surface area contributed by atoms with Crippen molar-refractivity contribution in [2.24, 2.45) is 0 Å². The molecule has 6 heteroatoms. The first kappa shape index (κ1) is 14.8. The Kier molecular flexibility index (Phi) is 4.37. The molecule has 6 nitrogen and oxygen atoms in total. The van der Waals surface area contributed by atoms with Gasteiger partial charge in [0.2, 0.25) is 5.91 Å². The zero-order valence-corrected chi connectivity index (χ0v) is 11.6. The Labute approximate surface area is 122 Å². The molecule has 0 atom stereocenters. The van der Waals surface area contributed by atoms with Crippen molar-refractivity contribution in [2.45, 2.75) is 6.92 Å². The normalized spacial score (nSPS) is 15.1. The fourth-order valence-corrected chi connectivity index (χ4v) is 2.19. The molecule has 1 saturated heterocycles. The smallest absolute Gasteiger partial charge is 0.328 e. The lowest BCUT2D eigenvalue weighted by Crippen LogP contribution is -2.49. The lowest BCUT2D eigenvalue weighted by molar-refractivity contribution is -0.131. The number of aliphatic carboxylic acids is 1. The van der Waals surface area contributed by atoms with Gasteiger partial charge in [-0.15, -0.1) is 0 Å². The molecule has 1 aromatic carbocycles. The van der Waals surface area contributed by atoms with Crippen molar-refractivity contribution in [3.63, 3.8) is 0 Å². The molecule has 0 spiro atoms. The van der Waals surface area contributed by atoms with Crippen LogP contribution in [0.3, 0.4) is 0 Å². The van der Waals surface area contributed by atoms with E-state index in [1.807, 2.05) is 6.92 Å². The molecule has 0 radical (unpaired) electrons. The lowest BCUT2D eigenvalue weighted by atomic mass is 10.0. The van der Waals surface area contributed by atoms with Gasteiger partial charge < -0.3 is 15.3 Å². The van der Waals surface area contributed by atoms with Crippen molar-refractivity contribution >= 4 is 23.9 Å². The van der Waals surface area contributed by atoms with E-state index in [1.54, 1.807) is 18.2 Å². The first-order valence-electron chi connectivity index (χ1n) is 6.54. The van der Waals surface area contributed by atoms with Gasteiger partial charge in [0.15, 0.2) is 0 Å². The molecular formula is C15H16N2O4. The number of nitrogens with zero attached hydrogens (tertiary/aromatic N) is 1. The third-order valence-electron chi connectivity index (χ3n) is 3.09. The monoisotopic (exact) mass is 288 g/mol. The van der Waals surface area contributed by atoms with Crippen molar-refractivity contribution in [3.8, 4) is 0 Å². The number of amides is 2. The molecule has 21 heavy (non-hydrogen) atoms. The van der Waals surface area contributed by atoms with E-state index in [2.05, 4.69) is 5.32 Å². The molecule has 0 aromatic heterocycles. The number of nitrogens with one attached hydrogen (secondary N) is 1. The number of carboxylic acid groups (broad SMARTS) is 1. The van der Waals surface area contributed by atoms with Crippen LogP contribution in [0.4, 0.5) is 0 Å². The number of benzene rings is 1. The number of carbonyl (C=O) groups excluding carboxylic acids is 2. The van der Waals surface area contributed by atoms with E-state index in [0.717, 1.165) is 11.6 Å². The third kappa shape index (κ3) is 3.92. The molecule has 2 rings (SSSR count). The second kappa shape index (κ2) is 6.21. The van der Waals surface area contributed by atoms with Crippen molar-refractivity contribution in [2.75, 3.05) is 19.6 Å². The van der Waals surface area contributed by atoms with Crippen LogP contribution < -0.4 is 5.32 Å². The summed E-state index contributed by atoms with van der Waals surface area (Å²) in [5, 5.41) is 11.3. The number of hydrogen-bond acceptors (Lipinski definition) is 3. The van der Waals surface area contributed by atoms with Gasteiger partial charge in [-0.05, 0) is 36.3 Å². The topological polar surface area (TPSA) is 86.7 Å². The SMILES string of the molecule is Cc1cc(/C=C/C(=O)O)cc(C(=O)N2CCNC(=O)C2)c1. The molecule has 1 heterocycles. The Morgan fingerprint density at radius 1 is 1.33 bits per heavy atom. The predicted octanol–water partition coefficient (Wildman–Crippen LogP) is 0.665. The van der Waals surface area contributed by atoms with Crippen LogP contribution in [-0.2, 0) is 9.59 Å². The summed E-state index contributed by atoms with van der Waals surface area (Å²) < 4.78 is 0. The number of aryl methyl sites for hydroxylation is 1. The van der Waals surface area contributed by atoms with E-state index in [4.69, 9.17) is 5.11 Å². The molecule has 2 N–H and O–H groups in total. The maximum Gasteiger partial charge on any atom is 0.328 e. The van der Waals surface area contributed by atoms with E-state index in [1.165, 1.54) is 11.0 Å². The number of rotatable bonds is 3. The summed E-state index contributed by atoms with van der Waals surface area (Å²) in [6, 6.07) is 5.15. The van der Waals surface area contributed by atoms with E-state index < -0.39 is 5.97 Å². The summed E-state index contributed by atoms with van der Waals surface area (Å²) in [7, 11) is 0. The largest absolute Gasteiger partial charge is 0.478 e. The number of piperazine rings is 1. The quantitative estimate of drug-likeness (QED) is 0.800. The lowest BCUT2D eigenvalue weighted by Gasteiger charge is -2.26. The minimum absolute atomic E-state index is 0.0487. The fraction of sp³-hybridized carbons (Fsp3) is 0.267. The Bertz CT molecular complexity index is 622. The molecule has 1 aromatic rings. The van der Waals surface area contributed by atoms with E-state index >= 15 is 0 Å². The molecular weight excluding hydrogens is 272 g/mol. The van der Waals surface area contributed by atoms with Gasteiger partial charge >= 0.3 is 5.97 Å². The second-order valence-corrected chi connectivity index (χ2v) is 4.88. The molecule has 0 saturated carbocycles. The highest BCUT2D eigenvalue weighted by atomic mass is 16.4. The maximum absolute atomic E-state index is 12.4. The highest BCUT2D eigenvalue weighted by molar-refractivity contribution is 5.98. The Morgan fingerprint density at radius 2 is 2.10 bits per heavy atom. The summed E-state index contributed by atoms with van der Waals surface area (Å²) in [5.41, 5.74) is 1.95. The van der Waals surface area contributed by atoms with Crippen LogP contribution in [0.5, 0.6) is 0 Å². The van der Waals surface area contributed by atoms with Gasteiger partial charge in [-0.25, -0.2) is 4.79 Å².